The van der Waals surface area contributed by atoms with Crippen LogP contribution in [0.3, 0.4) is 0 Å². The molecule has 124 valence electrons. The van der Waals surface area contributed by atoms with Crippen molar-refractivity contribution >= 4 is 11.6 Å². The molecule has 25 heavy (non-hydrogen) atoms. The zero-order chi connectivity index (χ0) is 18.0. The second kappa shape index (κ2) is 6.57. The number of rotatable bonds is 3. The highest BCUT2D eigenvalue weighted by Gasteiger charge is 2.16. The number of nitriles is 1. The number of nitrogens with zero attached hydrogens (tertiary/aromatic N) is 3. The topological polar surface area (TPSA) is 87.3 Å². The number of carbonyl (C=O) groups excluding carboxylic acids is 1. The monoisotopic (exact) mass is 332 g/mol. The lowest BCUT2D eigenvalue weighted by molar-refractivity contribution is 0.0938. The highest BCUT2D eigenvalue weighted by molar-refractivity contribution is 5.94. The third-order valence-corrected chi connectivity index (χ3v) is 3.98. The second-order valence-corrected chi connectivity index (χ2v) is 5.84. The second-order valence-electron chi connectivity index (χ2n) is 5.84. The van der Waals surface area contributed by atoms with Crippen LogP contribution in [-0.2, 0) is 0 Å². The Kier molecular flexibility index (Phi) is 4.31. The number of hydrogen-bond acceptors (Lipinski definition) is 4. The van der Waals surface area contributed by atoms with E-state index in [0.29, 0.717) is 11.2 Å². The van der Waals surface area contributed by atoms with E-state index < -0.39 is 11.5 Å². The van der Waals surface area contributed by atoms with Crippen molar-refractivity contribution in [3.63, 3.8) is 0 Å². The van der Waals surface area contributed by atoms with Gasteiger partial charge in [0, 0.05) is 12.4 Å². The van der Waals surface area contributed by atoms with Crippen LogP contribution in [0.2, 0.25) is 0 Å². The largest absolute Gasteiger partial charge is 0.345 e. The molecule has 2 aromatic heterocycles. The quantitative estimate of drug-likeness (QED) is 0.797. The molecule has 0 spiro atoms. The lowest BCUT2D eigenvalue weighted by atomic mass is 10.1. The molecule has 1 amide bonds. The summed E-state index contributed by atoms with van der Waals surface area (Å²) in [5, 5.41) is 11.6. The predicted molar refractivity (Wildman–Crippen MR) is 93.2 cm³/mol. The maximum Gasteiger partial charge on any atom is 0.270 e. The number of nitrogens with one attached hydrogen (secondary N) is 1. The van der Waals surface area contributed by atoms with Crippen LogP contribution in [0.1, 0.15) is 40.0 Å². The van der Waals surface area contributed by atoms with Gasteiger partial charge in [-0.25, -0.2) is 4.98 Å². The van der Waals surface area contributed by atoms with Crippen molar-refractivity contribution in [3.8, 4) is 6.07 Å². The number of aromatic nitrogens is 2. The Morgan fingerprint density at radius 2 is 1.96 bits per heavy atom. The Labute approximate surface area is 144 Å². The van der Waals surface area contributed by atoms with Crippen molar-refractivity contribution in [1.82, 2.24) is 14.7 Å². The average Bonchev–Trinajstić information content (AvgIpc) is 2.62. The molecule has 0 bridgehead atoms. The molecule has 6 nitrogen and oxygen atoms in total. The molecule has 3 aromatic rings. The normalized spacial score (nSPS) is 11.7. The zero-order valence-electron chi connectivity index (χ0n) is 13.9. The first-order chi connectivity index (χ1) is 12.0. The highest BCUT2D eigenvalue weighted by atomic mass is 16.2. The van der Waals surface area contributed by atoms with Crippen molar-refractivity contribution in [2.45, 2.75) is 19.9 Å². The molecular weight excluding hydrogens is 316 g/mol. The van der Waals surface area contributed by atoms with Crippen LogP contribution in [0.25, 0.3) is 5.65 Å². The van der Waals surface area contributed by atoms with Gasteiger partial charge in [0.15, 0.2) is 0 Å². The summed E-state index contributed by atoms with van der Waals surface area (Å²) in [6, 6.07) is 12.3. The number of fused-ring (bicyclic) bond motifs is 1. The fourth-order valence-electron chi connectivity index (χ4n) is 2.54. The number of pyridine rings is 1. The van der Waals surface area contributed by atoms with E-state index in [0.717, 1.165) is 11.1 Å². The summed E-state index contributed by atoms with van der Waals surface area (Å²) >= 11 is 0. The molecule has 1 unspecified atom stereocenters. The van der Waals surface area contributed by atoms with Crippen LogP contribution in [0.15, 0.2) is 53.6 Å². The first-order valence-corrected chi connectivity index (χ1v) is 7.78. The first-order valence-electron chi connectivity index (χ1n) is 7.78. The van der Waals surface area contributed by atoms with E-state index in [2.05, 4.69) is 10.3 Å². The van der Waals surface area contributed by atoms with Gasteiger partial charge in [0.1, 0.15) is 11.2 Å². The number of hydrogen-bond donors (Lipinski definition) is 1. The van der Waals surface area contributed by atoms with Crippen molar-refractivity contribution in [2.24, 2.45) is 0 Å². The average molecular weight is 332 g/mol. The van der Waals surface area contributed by atoms with Gasteiger partial charge in [0.2, 0.25) is 0 Å². The fourth-order valence-corrected chi connectivity index (χ4v) is 2.54. The Morgan fingerprint density at radius 1 is 1.24 bits per heavy atom. The van der Waals surface area contributed by atoms with Crippen molar-refractivity contribution < 1.29 is 4.79 Å². The van der Waals surface area contributed by atoms with Crippen LogP contribution in [-0.4, -0.2) is 15.3 Å². The van der Waals surface area contributed by atoms with Crippen LogP contribution < -0.4 is 10.9 Å². The van der Waals surface area contributed by atoms with E-state index in [1.807, 2.05) is 26.0 Å². The van der Waals surface area contributed by atoms with Crippen LogP contribution in [0, 0.1) is 18.3 Å². The van der Waals surface area contributed by atoms with Gasteiger partial charge >= 0.3 is 0 Å². The SMILES string of the molecule is Cc1ccc2ncc(C(=O)NC(C)c3ccc(C#N)cc3)c(=O)n2c1. The summed E-state index contributed by atoms with van der Waals surface area (Å²) in [6.07, 6.45) is 2.96. The van der Waals surface area contributed by atoms with Gasteiger partial charge in [0.05, 0.1) is 17.7 Å². The van der Waals surface area contributed by atoms with Crippen LogP contribution >= 0.6 is 0 Å². The van der Waals surface area contributed by atoms with E-state index in [1.165, 1.54) is 10.6 Å². The molecule has 0 aliphatic carbocycles. The minimum atomic E-state index is -0.481. The maximum absolute atomic E-state index is 12.5. The number of benzene rings is 1. The summed E-state index contributed by atoms with van der Waals surface area (Å²) in [7, 11) is 0. The zero-order valence-corrected chi connectivity index (χ0v) is 13.9. The number of amides is 1. The molecule has 1 N–H and O–H groups in total. The Morgan fingerprint density at radius 3 is 2.64 bits per heavy atom. The molecule has 3 rings (SSSR count). The smallest absolute Gasteiger partial charge is 0.270 e. The van der Waals surface area contributed by atoms with Crippen LogP contribution in [0.5, 0.6) is 0 Å². The van der Waals surface area contributed by atoms with E-state index in [-0.39, 0.29) is 11.6 Å². The van der Waals surface area contributed by atoms with Crippen molar-refractivity contribution in [3.05, 3.63) is 81.4 Å². The molecule has 0 aliphatic rings. The summed E-state index contributed by atoms with van der Waals surface area (Å²) in [5.74, 6) is -0.481. The van der Waals surface area contributed by atoms with Gasteiger partial charge in [-0.1, -0.05) is 18.2 Å². The van der Waals surface area contributed by atoms with Gasteiger partial charge in [0.25, 0.3) is 11.5 Å². The lowest BCUT2D eigenvalue weighted by Gasteiger charge is -2.14. The summed E-state index contributed by atoms with van der Waals surface area (Å²) in [5.41, 5.74) is 2.38. The first kappa shape index (κ1) is 16.4. The van der Waals surface area contributed by atoms with Crippen molar-refractivity contribution in [1.29, 1.82) is 5.26 Å². The molecule has 6 heteroatoms. The number of carbonyl (C=O) groups is 1. The minimum absolute atomic E-state index is 0.0106. The van der Waals surface area contributed by atoms with Gasteiger partial charge in [-0.3, -0.25) is 14.0 Å². The minimum Gasteiger partial charge on any atom is -0.345 e. The third kappa shape index (κ3) is 3.26. The van der Waals surface area contributed by atoms with E-state index >= 15 is 0 Å². The van der Waals surface area contributed by atoms with Gasteiger partial charge in [-0.2, -0.15) is 5.26 Å². The lowest BCUT2D eigenvalue weighted by Crippen LogP contribution is -2.33. The van der Waals surface area contributed by atoms with Gasteiger partial charge in [-0.15, -0.1) is 0 Å². The molecule has 0 radical (unpaired) electrons. The Hall–Kier alpha value is -3.46. The van der Waals surface area contributed by atoms with Crippen LogP contribution in [0.4, 0.5) is 0 Å². The van der Waals surface area contributed by atoms with Gasteiger partial charge < -0.3 is 5.32 Å². The number of aryl methyl sites for hydroxylation is 1. The molecular formula is C19H16N4O2. The van der Waals surface area contributed by atoms with Crippen molar-refractivity contribution in [2.75, 3.05) is 0 Å². The highest BCUT2D eigenvalue weighted by Crippen LogP contribution is 2.13. The third-order valence-electron chi connectivity index (χ3n) is 3.98. The predicted octanol–water partition coefficient (Wildman–Crippen LogP) is 2.37. The maximum atomic E-state index is 12.5. The molecule has 0 saturated carbocycles. The summed E-state index contributed by atoms with van der Waals surface area (Å²) in [6.45, 7) is 3.68. The van der Waals surface area contributed by atoms with E-state index in [1.54, 1.807) is 36.5 Å². The van der Waals surface area contributed by atoms with Gasteiger partial charge in [-0.05, 0) is 43.2 Å². The summed E-state index contributed by atoms with van der Waals surface area (Å²) in [4.78, 5) is 29.2. The van der Waals surface area contributed by atoms with E-state index in [4.69, 9.17) is 5.26 Å². The Bertz CT molecular complexity index is 1050. The fraction of sp³-hybridized carbons (Fsp3) is 0.158. The summed E-state index contributed by atoms with van der Waals surface area (Å²) < 4.78 is 1.37. The molecule has 1 aromatic carbocycles. The standard InChI is InChI=1S/C19H16N4O2/c1-12-3-8-17-21-10-16(19(25)23(17)11-12)18(24)22-13(2)15-6-4-14(9-20)5-7-15/h3-8,10-11,13H,1-2H3,(H,22,24). The molecule has 0 saturated heterocycles. The molecule has 0 aliphatic heterocycles. The molecule has 2 heterocycles. The Balaban J connectivity index is 1.88. The molecule has 0 fully saturated rings. The molecule has 1 atom stereocenters. The van der Waals surface area contributed by atoms with E-state index in [9.17, 15) is 9.59 Å².